The maximum atomic E-state index is 12.1. The lowest BCUT2D eigenvalue weighted by molar-refractivity contribution is -0.115. The van der Waals surface area contributed by atoms with Crippen LogP contribution in [0.2, 0.25) is 0 Å². The van der Waals surface area contributed by atoms with Crippen molar-refractivity contribution in [2.75, 3.05) is 0 Å². The van der Waals surface area contributed by atoms with E-state index in [2.05, 4.69) is 33.7 Å². The van der Waals surface area contributed by atoms with Gasteiger partial charge in [-0.15, -0.1) is 0 Å². The second-order valence-corrected chi connectivity index (χ2v) is 6.41. The zero-order valence-electron chi connectivity index (χ0n) is 12.8. The highest BCUT2D eigenvalue weighted by molar-refractivity contribution is 8.18. The first-order valence-corrected chi connectivity index (χ1v) is 8.21. The highest BCUT2D eigenvalue weighted by atomic mass is 32.2. The Morgan fingerprint density at radius 2 is 2.00 bits per heavy atom. The van der Waals surface area contributed by atoms with Crippen LogP contribution in [0.25, 0.3) is 16.8 Å². The van der Waals surface area contributed by atoms with E-state index in [0.717, 1.165) is 10.9 Å². The Kier molecular flexibility index (Phi) is 3.66. The van der Waals surface area contributed by atoms with Gasteiger partial charge < -0.3 is 9.84 Å². The van der Waals surface area contributed by atoms with Crippen LogP contribution < -0.4 is 5.32 Å². The molecular weight excluding hydrogens is 322 g/mol. The van der Waals surface area contributed by atoms with Crippen molar-refractivity contribution in [3.05, 3.63) is 64.8 Å². The van der Waals surface area contributed by atoms with E-state index in [9.17, 15) is 4.79 Å². The van der Waals surface area contributed by atoms with Crippen LogP contribution in [-0.2, 0) is 4.79 Å². The average Bonchev–Trinajstić information content (AvgIpc) is 3.13. The minimum Gasteiger partial charge on any atom is -0.359 e. The Morgan fingerprint density at radius 1 is 1.17 bits per heavy atom. The lowest BCUT2D eigenvalue weighted by Crippen LogP contribution is -2.19. The van der Waals surface area contributed by atoms with Crippen molar-refractivity contribution in [2.45, 2.75) is 6.92 Å². The third-order valence-electron chi connectivity index (χ3n) is 3.55. The summed E-state index contributed by atoms with van der Waals surface area (Å²) < 4.78 is 4.97. The van der Waals surface area contributed by atoms with Gasteiger partial charge in [0.2, 0.25) is 0 Å². The minimum atomic E-state index is -0.160. The molecule has 1 amide bonds. The van der Waals surface area contributed by atoms with Crippen molar-refractivity contribution in [1.82, 2.24) is 10.5 Å². The predicted molar refractivity (Wildman–Crippen MR) is 96.0 cm³/mol. The quantitative estimate of drug-likeness (QED) is 0.718. The van der Waals surface area contributed by atoms with Crippen LogP contribution >= 0.6 is 11.8 Å². The molecule has 2 heterocycles. The number of rotatable bonds is 2. The Bertz CT molecular complexity index is 1000. The first-order valence-electron chi connectivity index (χ1n) is 7.39. The van der Waals surface area contributed by atoms with Crippen molar-refractivity contribution >= 4 is 45.5 Å². The van der Waals surface area contributed by atoms with Crippen LogP contribution in [0.4, 0.5) is 5.82 Å². The molecule has 0 bridgehead atoms. The van der Waals surface area contributed by atoms with E-state index in [1.54, 1.807) is 13.0 Å². The molecular formula is C18H13N3O2S. The Morgan fingerprint density at radius 3 is 2.79 bits per heavy atom. The van der Waals surface area contributed by atoms with E-state index in [1.165, 1.54) is 17.1 Å². The molecule has 1 aliphatic heterocycles. The summed E-state index contributed by atoms with van der Waals surface area (Å²) in [5, 5.41) is 9.36. The maximum Gasteiger partial charge on any atom is 0.264 e. The lowest BCUT2D eigenvalue weighted by atomic mass is 10.1. The number of carbonyl (C=O) groups excluding carboxylic acids is 1. The fourth-order valence-corrected chi connectivity index (χ4v) is 3.27. The molecule has 1 aromatic heterocycles. The summed E-state index contributed by atoms with van der Waals surface area (Å²) in [5.74, 6) is 0.963. The number of fused-ring (bicyclic) bond motifs is 1. The van der Waals surface area contributed by atoms with E-state index in [1.807, 2.05) is 30.3 Å². The highest BCUT2D eigenvalue weighted by Gasteiger charge is 2.24. The van der Waals surface area contributed by atoms with Crippen molar-refractivity contribution in [3.8, 4) is 0 Å². The number of carbonyl (C=O) groups is 1. The summed E-state index contributed by atoms with van der Waals surface area (Å²) in [7, 11) is 0. The number of nitrogens with one attached hydrogen (secondary N) is 1. The first-order chi connectivity index (χ1) is 11.7. The zero-order valence-corrected chi connectivity index (χ0v) is 13.6. The van der Waals surface area contributed by atoms with Crippen LogP contribution in [0.3, 0.4) is 0 Å². The Balaban J connectivity index is 1.62. The number of amidine groups is 1. The molecule has 3 aromatic rings. The molecule has 6 heteroatoms. The van der Waals surface area contributed by atoms with Gasteiger partial charge in [0.15, 0.2) is 11.0 Å². The molecule has 1 N–H and O–H groups in total. The molecule has 5 nitrogen and oxygen atoms in total. The summed E-state index contributed by atoms with van der Waals surface area (Å²) in [4.78, 5) is 17.0. The molecule has 118 valence electrons. The van der Waals surface area contributed by atoms with Gasteiger partial charge in [-0.2, -0.15) is 0 Å². The normalized spacial score (nSPS) is 17.8. The van der Waals surface area contributed by atoms with Crippen LogP contribution in [0.5, 0.6) is 0 Å². The topological polar surface area (TPSA) is 67.5 Å². The lowest BCUT2D eigenvalue weighted by Gasteiger charge is -1.99. The van der Waals surface area contributed by atoms with Gasteiger partial charge in [-0.25, -0.2) is 4.99 Å². The van der Waals surface area contributed by atoms with Crippen molar-refractivity contribution in [2.24, 2.45) is 4.99 Å². The first kappa shape index (κ1) is 14.7. The van der Waals surface area contributed by atoms with Crippen molar-refractivity contribution < 1.29 is 9.32 Å². The molecule has 0 spiro atoms. The molecule has 0 aliphatic carbocycles. The number of aliphatic imine (C=N–C) groups is 1. The van der Waals surface area contributed by atoms with Gasteiger partial charge in [-0.3, -0.25) is 4.79 Å². The zero-order chi connectivity index (χ0) is 16.5. The Hall–Kier alpha value is -2.86. The summed E-state index contributed by atoms with van der Waals surface area (Å²) >= 11 is 1.29. The van der Waals surface area contributed by atoms with Gasteiger partial charge in [0.05, 0.1) is 4.91 Å². The molecule has 0 radical (unpaired) electrons. The number of benzene rings is 2. The summed E-state index contributed by atoms with van der Waals surface area (Å²) in [6.45, 7) is 1.79. The Labute approximate surface area is 142 Å². The maximum absolute atomic E-state index is 12.1. The van der Waals surface area contributed by atoms with E-state index in [0.29, 0.717) is 21.7 Å². The third kappa shape index (κ3) is 2.96. The van der Waals surface area contributed by atoms with Crippen molar-refractivity contribution in [3.63, 3.8) is 0 Å². The second kappa shape index (κ2) is 5.98. The third-order valence-corrected chi connectivity index (χ3v) is 4.46. The number of thioether (sulfide) groups is 1. The van der Waals surface area contributed by atoms with E-state index in [-0.39, 0.29) is 5.91 Å². The molecule has 0 unspecified atom stereocenters. The highest BCUT2D eigenvalue weighted by Crippen LogP contribution is 2.28. The molecule has 0 atom stereocenters. The van der Waals surface area contributed by atoms with Crippen molar-refractivity contribution in [1.29, 1.82) is 0 Å². The summed E-state index contributed by atoms with van der Waals surface area (Å²) in [5.41, 5.74) is 0.977. The molecule has 24 heavy (non-hydrogen) atoms. The van der Waals surface area contributed by atoms with Crippen LogP contribution in [-0.4, -0.2) is 16.2 Å². The number of amides is 1. The molecule has 4 rings (SSSR count). The number of hydrogen-bond acceptors (Lipinski definition) is 5. The number of hydrogen-bond donors (Lipinski definition) is 1. The smallest absolute Gasteiger partial charge is 0.264 e. The van der Waals surface area contributed by atoms with E-state index in [4.69, 9.17) is 4.52 Å². The summed E-state index contributed by atoms with van der Waals surface area (Å²) in [6.07, 6.45) is 1.86. The fraction of sp³-hybridized carbons (Fsp3) is 0.0556. The molecule has 2 aromatic carbocycles. The average molecular weight is 335 g/mol. The predicted octanol–water partition coefficient (Wildman–Crippen LogP) is 4.03. The molecule has 1 aliphatic rings. The molecule has 0 saturated carbocycles. The van der Waals surface area contributed by atoms with Crippen LogP contribution in [0.1, 0.15) is 11.3 Å². The number of aromatic nitrogens is 1. The number of aryl methyl sites for hydroxylation is 1. The van der Waals surface area contributed by atoms with E-state index >= 15 is 0 Å². The largest absolute Gasteiger partial charge is 0.359 e. The van der Waals surface area contributed by atoms with Gasteiger partial charge in [0.1, 0.15) is 5.76 Å². The van der Waals surface area contributed by atoms with Crippen LogP contribution in [0.15, 0.2) is 63.0 Å². The molecule has 1 saturated heterocycles. The number of nitrogens with zero attached hydrogens (tertiary/aromatic N) is 2. The van der Waals surface area contributed by atoms with Gasteiger partial charge in [0, 0.05) is 6.07 Å². The van der Waals surface area contributed by atoms with E-state index < -0.39 is 0 Å². The van der Waals surface area contributed by atoms with Gasteiger partial charge >= 0.3 is 0 Å². The molecule has 1 fully saturated rings. The van der Waals surface area contributed by atoms with Gasteiger partial charge in [-0.1, -0.05) is 41.6 Å². The van der Waals surface area contributed by atoms with Crippen LogP contribution in [0, 0.1) is 6.92 Å². The fourth-order valence-electron chi connectivity index (χ4n) is 2.44. The minimum absolute atomic E-state index is 0.160. The van der Waals surface area contributed by atoms with Gasteiger partial charge in [-0.05, 0) is 47.2 Å². The summed E-state index contributed by atoms with van der Waals surface area (Å²) in [6, 6.07) is 16.0. The standard InChI is InChI=1S/C18H13N3O2S/c1-11-8-16(21-23-11)19-18-20-17(22)15(24-18)10-12-6-7-13-4-2-3-5-14(13)9-12/h2-10H,1H3,(H,19,20,21,22)/b15-10+. The monoisotopic (exact) mass is 335 g/mol. The SMILES string of the molecule is Cc1cc(N=C2NC(=O)/C(=C\c3ccc4ccccc4c3)S2)no1. The van der Waals surface area contributed by atoms with Gasteiger partial charge in [0.25, 0.3) is 5.91 Å². The second-order valence-electron chi connectivity index (χ2n) is 5.38.